The first-order valence-electron chi connectivity index (χ1n) is 12.0. The highest BCUT2D eigenvalue weighted by Crippen LogP contribution is 2.39. The number of anilines is 2. The van der Waals surface area contributed by atoms with Crippen molar-refractivity contribution in [2.24, 2.45) is 17.1 Å². The predicted octanol–water partition coefficient (Wildman–Crippen LogP) is 3.33. The molecule has 10 heteroatoms. The number of pyridine rings is 1. The van der Waals surface area contributed by atoms with Crippen LogP contribution in [0.3, 0.4) is 0 Å². The van der Waals surface area contributed by atoms with Crippen LogP contribution in [0.15, 0.2) is 28.4 Å². The Morgan fingerprint density at radius 2 is 1.82 bits per heavy atom. The number of aliphatic hydroxyl groups excluding tert-OH is 2. The number of halogens is 1. The molecule has 0 amide bonds. The SMILES string of the molecule is CC(N)C1(C)CCN(c2ncc(Sc3ccnc(N4CCC(CO)CC4)c3Cl)nc2CO)CC1. The third kappa shape index (κ3) is 5.44. The fourth-order valence-corrected chi connectivity index (χ4v) is 5.81. The first-order chi connectivity index (χ1) is 16.3. The van der Waals surface area contributed by atoms with Crippen molar-refractivity contribution in [3.05, 3.63) is 29.2 Å². The van der Waals surface area contributed by atoms with E-state index in [9.17, 15) is 10.2 Å². The van der Waals surface area contributed by atoms with E-state index in [0.29, 0.717) is 21.7 Å². The molecule has 1 unspecified atom stereocenters. The van der Waals surface area contributed by atoms with Gasteiger partial charge in [0.1, 0.15) is 16.5 Å². The molecule has 2 saturated heterocycles. The Morgan fingerprint density at radius 1 is 1.15 bits per heavy atom. The molecule has 34 heavy (non-hydrogen) atoms. The summed E-state index contributed by atoms with van der Waals surface area (Å²) >= 11 is 8.18. The van der Waals surface area contributed by atoms with Gasteiger partial charge in [-0.15, -0.1) is 0 Å². The number of nitrogens with two attached hydrogens (primary N) is 1. The van der Waals surface area contributed by atoms with E-state index in [-0.39, 0.29) is 24.7 Å². The second-order valence-corrected chi connectivity index (χ2v) is 11.2. The largest absolute Gasteiger partial charge is 0.396 e. The molecule has 0 saturated carbocycles. The van der Waals surface area contributed by atoms with Gasteiger partial charge in [0.25, 0.3) is 0 Å². The van der Waals surface area contributed by atoms with Crippen LogP contribution in [0, 0.1) is 11.3 Å². The predicted molar refractivity (Wildman–Crippen MR) is 137 cm³/mol. The van der Waals surface area contributed by atoms with Crippen molar-refractivity contribution in [1.29, 1.82) is 0 Å². The highest BCUT2D eigenvalue weighted by atomic mass is 35.5. The molecule has 2 aliphatic heterocycles. The average Bonchev–Trinajstić information content (AvgIpc) is 2.86. The fraction of sp³-hybridized carbons (Fsp3) is 0.625. The topological polar surface area (TPSA) is 112 Å². The number of hydrogen-bond donors (Lipinski definition) is 3. The van der Waals surface area contributed by atoms with Gasteiger partial charge < -0.3 is 25.7 Å². The lowest BCUT2D eigenvalue weighted by atomic mass is 9.75. The molecular weight excluding hydrogens is 472 g/mol. The number of piperidine rings is 2. The first kappa shape index (κ1) is 25.4. The summed E-state index contributed by atoms with van der Waals surface area (Å²) in [6.07, 6.45) is 7.34. The molecule has 2 aliphatic rings. The van der Waals surface area contributed by atoms with Crippen molar-refractivity contribution < 1.29 is 10.2 Å². The average molecular weight is 507 g/mol. The Morgan fingerprint density at radius 3 is 2.44 bits per heavy atom. The molecule has 186 valence electrons. The zero-order valence-corrected chi connectivity index (χ0v) is 21.5. The Balaban J connectivity index is 1.48. The molecule has 0 aliphatic carbocycles. The Labute approximate surface area is 210 Å². The summed E-state index contributed by atoms with van der Waals surface area (Å²) in [4.78, 5) is 19.1. The summed E-state index contributed by atoms with van der Waals surface area (Å²) in [6, 6.07) is 2.03. The minimum Gasteiger partial charge on any atom is -0.396 e. The summed E-state index contributed by atoms with van der Waals surface area (Å²) in [5.74, 6) is 1.86. The molecule has 2 aromatic heterocycles. The van der Waals surface area contributed by atoms with E-state index in [1.54, 1.807) is 12.4 Å². The van der Waals surface area contributed by atoms with Gasteiger partial charge in [0.15, 0.2) is 5.82 Å². The summed E-state index contributed by atoms with van der Waals surface area (Å²) in [5, 5.41) is 20.7. The van der Waals surface area contributed by atoms with E-state index in [2.05, 4.69) is 33.6 Å². The minimum atomic E-state index is -0.174. The molecule has 8 nitrogen and oxygen atoms in total. The maximum Gasteiger partial charge on any atom is 0.152 e. The maximum absolute atomic E-state index is 10.0. The lowest BCUT2D eigenvalue weighted by Crippen LogP contribution is -2.47. The number of nitrogens with zero attached hydrogens (tertiary/aromatic N) is 5. The number of hydrogen-bond acceptors (Lipinski definition) is 9. The standard InChI is InChI=1S/C24H35ClN6O2S/c1-16(26)24(2)6-11-31(12-7-24)22-18(15-33)29-20(13-28-22)34-19-3-8-27-23(21(19)25)30-9-4-17(14-32)5-10-30/h3,8,13,16-17,32-33H,4-7,9-12,14-15,26H2,1-2H3. The quantitative estimate of drug-likeness (QED) is 0.520. The summed E-state index contributed by atoms with van der Waals surface area (Å²) in [7, 11) is 0. The molecule has 4 N–H and O–H groups in total. The summed E-state index contributed by atoms with van der Waals surface area (Å²) in [6.45, 7) is 7.72. The van der Waals surface area contributed by atoms with E-state index in [0.717, 1.165) is 68.4 Å². The molecule has 1 atom stereocenters. The van der Waals surface area contributed by atoms with Crippen molar-refractivity contribution in [1.82, 2.24) is 15.0 Å². The van der Waals surface area contributed by atoms with Crippen LogP contribution < -0.4 is 15.5 Å². The van der Waals surface area contributed by atoms with Crippen LogP contribution in [-0.2, 0) is 6.61 Å². The van der Waals surface area contributed by atoms with Crippen molar-refractivity contribution in [3.8, 4) is 0 Å². The van der Waals surface area contributed by atoms with Gasteiger partial charge in [-0.25, -0.2) is 15.0 Å². The molecule has 2 fully saturated rings. The van der Waals surface area contributed by atoms with Crippen LogP contribution in [0.5, 0.6) is 0 Å². The Bertz CT molecular complexity index is 978. The van der Waals surface area contributed by atoms with E-state index in [4.69, 9.17) is 22.3 Å². The Hall–Kier alpha value is -1.65. The van der Waals surface area contributed by atoms with Crippen LogP contribution >= 0.6 is 23.4 Å². The maximum atomic E-state index is 10.0. The van der Waals surface area contributed by atoms with E-state index in [1.807, 2.05) is 6.07 Å². The first-order valence-corrected chi connectivity index (χ1v) is 13.2. The summed E-state index contributed by atoms with van der Waals surface area (Å²) in [5.41, 5.74) is 6.90. The van der Waals surface area contributed by atoms with Gasteiger partial charge in [0, 0.05) is 49.9 Å². The highest BCUT2D eigenvalue weighted by Gasteiger charge is 2.34. The molecule has 0 aromatic carbocycles. The van der Waals surface area contributed by atoms with Crippen molar-refractivity contribution in [3.63, 3.8) is 0 Å². The van der Waals surface area contributed by atoms with Gasteiger partial charge in [-0.05, 0) is 50.0 Å². The van der Waals surface area contributed by atoms with Gasteiger partial charge in [-0.3, -0.25) is 0 Å². The second-order valence-electron chi connectivity index (χ2n) is 9.73. The molecule has 4 rings (SSSR count). The molecule has 0 radical (unpaired) electrons. The molecular formula is C24H35ClN6O2S. The lowest BCUT2D eigenvalue weighted by molar-refractivity contribution is 0.203. The zero-order valence-electron chi connectivity index (χ0n) is 20.0. The van der Waals surface area contributed by atoms with E-state index in [1.165, 1.54) is 11.8 Å². The second kappa shape index (κ2) is 11.0. The summed E-state index contributed by atoms with van der Waals surface area (Å²) < 4.78 is 0. The van der Waals surface area contributed by atoms with Crippen molar-refractivity contribution in [2.45, 2.75) is 62.1 Å². The Kier molecular flexibility index (Phi) is 8.20. The zero-order chi connectivity index (χ0) is 24.3. The van der Waals surface area contributed by atoms with Crippen LogP contribution in [-0.4, -0.2) is 64.0 Å². The van der Waals surface area contributed by atoms with Crippen molar-refractivity contribution >= 4 is 35.0 Å². The van der Waals surface area contributed by atoms with Gasteiger partial charge in [0.05, 0.1) is 17.8 Å². The monoisotopic (exact) mass is 506 g/mol. The number of aliphatic hydroxyl groups is 2. The molecule has 0 spiro atoms. The third-order valence-electron chi connectivity index (χ3n) is 7.48. The molecule has 0 bridgehead atoms. The van der Waals surface area contributed by atoms with Gasteiger partial charge >= 0.3 is 0 Å². The van der Waals surface area contributed by atoms with Crippen molar-refractivity contribution in [2.75, 3.05) is 42.6 Å². The van der Waals surface area contributed by atoms with Crippen LogP contribution in [0.4, 0.5) is 11.6 Å². The number of aromatic nitrogens is 3. The molecule has 4 heterocycles. The number of rotatable bonds is 7. The highest BCUT2D eigenvalue weighted by molar-refractivity contribution is 7.99. The van der Waals surface area contributed by atoms with Crippen LogP contribution in [0.1, 0.15) is 45.2 Å². The van der Waals surface area contributed by atoms with E-state index >= 15 is 0 Å². The van der Waals surface area contributed by atoms with Gasteiger partial charge in [-0.1, -0.05) is 30.3 Å². The normalized spacial score (nSPS) is 19.9. The minimum absolute atomic E-state index is 0.127. The van der Waals surface area contributed by atoms with Crippen LogP contribution in [0.25, 0.3) is 0 Å². The smallest absolute Gasteiger partial charge is 0.152 e. The fourth-order valence-electron chi connectivity index (χ4n) is 4.66. The third-order valence-corrected chi connectivity index (χ3v) is 8.93. The lowest BCUT2D eigenvalue weighted by Gasteiger charge is -2.42. The van der Waals surface area contributed by atoms with Gasteiger partial charge in [-0.2, -0.15) is 0 Å². The van der Waals surface area contributed by atoms with Gasteiger partial charge in [0.2, 0.25) is 0 Å². The van der Waals surface area contributed by atoms with E-state index < -0.39 is 0 Å². The molecule has 2 aromatic rings. The van der Waals surface area contributed by atoms with Crippen LogP contribution in [0.2, 0.25) is 5.02 Å².